The van der Waals surface area contributed by atoms with Crippen LogP contribution >= 0.6 is 0 Å². The van der Waals surface area contributed by atoms with E-state index >= 15 is 0 Å². The zero-order chi connectivity index (χ0) is 20.3. The van der Waals surface area contributed by atoms with E-state index in [-0.39, 0.29) is 23.6 Å². The molecule has 0 aliphatic rings. The summed E-state index contributed by atoms with van der Waals surface area (Å²) in [5.41, 5.74) is 0.636. The lowest BCUT2D eigenvalue weighted by atomic mass is 10.1. The third-order valence-electron chi connectivity index (χ3n) is 4.26. The monoisotopic (exact) mass is 383 g/mol. The zero-order valence-corrected chi connectivity index (χ0v) is 15.1. The van der Waals surface area contributed by atoms with E-state index in [2.05, 4.69) is 0 Å². The summed E-state index contributed by atoms with van der Waals surface area (Å²) in [7, 11) is 0. The highest BCUT2D eigenvalue weighted by molar-refractivity contribution is 5.73. The number of hydrogen-bond acceptors (Lipinski definition) is 4. The molecule has 1 aromatic heterocycles. The van der Waals surface area contributed by atoms with E-state index in [1.165, 1.54) is 31.2 Å². The minimum Gasteiger partial charge on any atom is -0.494 e. The molecule has 7 heteroatoms. The molecule has 144 valence electrons. The second kappa shape index (κ2) is 7.96. The van der Waals surface area contributed by atoms with Crippen molar-refractivity contribution in [1.29, 1.82) is 0 Å². The number of carboxylic acid groups (broad SMARTS) is 1. The molecular formula is C21H18FNO5. The van der Waals surface area contributed by atoms with Gasteiger partial charge in [0.15, 0.2) is 11.6 Å². The lowest BCUT2D eigenvalue weighted by Gasteiger charge is -2.20. The third-order valence-corrected chi connectivity index (χ3v) is 4.26. The van der Waals surface area contributed by atoms with E-state index in [4.69, 9.17) is 4.74 Å². The Balaban J connectivity index is 2.20. The van der Waals surface area contributed by atoms with Crippen molar-refractivity contribution in [3.63, 3.8) is 0 Å². The Morgan fingerprint density at radius 2 is 1.75 bits per heavy atom. The first-order valence-corrected chi connectivity index (χ1v) is 8.49. The summed E-state index contributed by atoms with van der Waals surface area (Å²) in [5.74, 6) is -2.28. The molecule has 1 heterocycles. The van der Waals surface area contributed by atoms with Gasteiger partial charge in [0.05, 0.1) is 11.3 Å². The van der Waals surface area contributed by atoms with Crippen LogP contribution in [0, 0.1) is 12.7 Å². The van der Waals surface area contributed by atoms with Gasteiger partial charge in [0, 0.05) is 5.56 Å². The quantitative estimate of drug-likeness (QED) is 0.682. The maximum absolute atomic E-state index is 13.4. The molecule has 6 nitrogen and oxygen atoms in total. The van der Waals surface area contributed by atoms with Gasteiger partial charge in [-0.3, -0.25) is 14.2 Å². The minimum atomic E-state index is -1.21. The Labute approximate surface area is 160 Å². The summed E-state index contributed by atoms with van der Waals surface area (Å²) in [4.78, 5) is 24.1. The van der Waals surface area contributed by atoms with Crippen LogP contribution < -0.4 is 10.2 Å². The van der Waals surface area contributed by atoms with Crippen molar-refractivity contribution in [2.24, 2.45) is 0 Å². The first kappa shape index (κ1) is 19.2. The van der Waals surface area contributed by atoms with Gasteiger partial charge in [-0.05, 0) is 36.8 Å². The van der Waals surface area contributed by atoms with Crippen molar-refractivity contribution in [1.82, 2.24) is 4.57 Å². The summed E-state index contributed by atoms with van der Waals surface area (Å²) in [6.07, 6.45) is 0. The van der Waals surface area contributed by atoms with E-state index in [1.54, 1.807) is 0 Å². The van der Waals surface area contributed by atoms with Crippen molar-refractivity contribution in [3.05, 3.63) is 81.8 Å². The number of halogens is 1. The van der Waals surface area contributed by atoms with Gasteiger partial charge < -0.3 is 14.9 Å². The molecule has 0 aliphatic heterocycles. The maximum atomic E-state index is 13.4. The average molecular weight is 383 g/mol. The fourth-order valence-electron chi connectivity index (χ4n) is 2.86. The number of benzene rings is 2. The molecule has 2 N–H and O–H groups in total. The first-order valence-electron chi connectivity index (χ1n) is 8.49. The fourth-order valence-corrected chi connectivity index (χ4v) is 2.86. The lowest BCUT2D eigenvalue weighted by molar-refractivity contribution is -0.137. The molecule has 28 heavy (non-hydrogen) atoms. The van der Waals surface area contributed by atoms with E-state index < -0.39 is 29.6 Å². The van der Waals surface area contributed by atoms with Crippen molar-refractivity contribution >= 4 is 5.97 Å². The van der Waals surface area contributed by atoms with Gasteiger partial charge in [-0.1, -0.05) is 30.3 Å². The second-order valence-corrected chi connectivity index (χ2v) is 6.22. The van der Waals surface area contributed by atoms with Gasteiger partial charge in [-0.2, -0.15) is 0 Å². The van der Waals surface area contributed by atoms with E-state index in [9.17, 15) is 24.2 Å². The van der Waals surface area contributed by atoms with Crippen molar-refractivity contribution < 1.29 is 24.1 Å². The van der Waals surface area contributed by atoms with E-state index in [0.717, 1.165) is 10.1 Å². The van der Waals surface area contributed by atoms with Crippen LogP contribution in [0.2, 0.25) is 0 Å². The highest BCUT2D eigenvalue weighted by Gasteiger charge is 2.23. The number of pyridine rings is 1. The Bertz CT molecular complexity index is 1060. The number of aliphatic carboxylic acids is 1. The summed E-state index contributed by atoms with van der Waals surface area (Å²) in [6.45, 7) is 0.864. The predicted octanol–water partition coefficient (Wildman–Crippen LogP) is 3.33. The Kier molecular flexibility index (Phi) is 5.44. The Morgan fingerprint density at radius 3 is 2.36 bits per heavy atom. The second-order valence-electron chi connectivity index (χ2n) is 6.22. The Hall–Kier alpha value is -3.61. The largest absolute Gasteiger partial charge is 0.494 e. The molecule has 0 saturated heterocycles. The molecule has 0 spiro atoms. The van der Waals surface area contributed by atoms with Crippen LogP contribution in [-0.2, 0) is 17.9 Å². The molecular weight excluding hydrogens is 365 g/mol. The van der Waals surface area contributed by atoms with E-state index in [0.29, 0.717) is 5.56 Å². The molecule has 0 fully saturated rings. The third kappa shape index (κ3) is 3.88. The molecule has 3 aromatic rings. The minimum absolute atomic E-state index is 0.0322. The number of aromatic hydroxyl groups is 1. The molecule has 0 saturated carbocycles. The van der Waals surface area contributed by atoms with Crippen molar-refractivity contribution in [2.45, 2.75) is 20.1 Å². The van der Waals surface area contributed by atoms with Gasteiger partial charge in [0.1, 0.15) is 19.0 Å². The summed E-state index contributed by atoms with van der Waals surface area (Å²) < 4.78 is 20.2. The van der Waals surface area contributed by atoms with E-state index in [1.807, 2.05) is 30.3 Å². The topological polar surface area (TPSA) is 88.8 Å². The number of aromatic nitrogens is 1. The number of carboxylic acids is 1. The average Bonchev–Trinajstić information content (AvgIpc) is 2.69. The van der Waals surface area contributed by atoms with Crippen LogP contribution in [0.4, 0.5) is 4.39 Å². The van der Waals surface area contributed by atoms with Gasteiger partial charge in [0.2, 0.25) is 5.43 Å². The highest BCUT2D eigenvalue weighted by Crippen LogP contribution is 2.33. The summed E-state index contributed by atoms with van der Waals surface area (Å²) in [5, 5.41) is 19.7. The number of rotatable bonds is 6. The van der Waals surface area contributed by atoms with Gasteiger partial charge in [-0.25, -0.2) is 4.39 Å². The highest BCUT2D eigenvalue weighted by atomic mass is 19.1. The van der Waals surface area contributed by atoms with Crippen LogP contribution in [0.1, 0.15) is 11.1 Å². The van der Waals surface area contributed by atoms with Crippen LogP contribution in [0.15, 0.2) is 59.4 Å². The molecule has 0 amide bonds. The molecule has 0 unspecified atom stereocenters. The van der Waals surface area contributed by atoms with Gasteiger partial charge >= 0.3 is 5.97 Å². The molecule has 0 bridgehead atoms. The number of ether oxygens (including phenoxy) is 1. The lowest BCUT2D eigenvalue weighted by Crippen LogP contribution is -2.21. The number of carbonyl (C=O) groups is 1. The van der Waals surface area contributed by atoms with Crippen LogP contribution in [0.5, 0.6) is 11.6 Å². The normalized spacial score (nSPS) is 10.6. The first-order chi connectivity index (χ1) is 13.4. The van der Waals surface area contributed by atoms with Crippen LogP contribution in [0.25, 0.3) is 11.3 Å². The van der Waals surface area contributed by atoms with Crippen molar-refractivity contribution in [3.8, 4) is 22.9 Å². The fraction of sp³-hybridized carbons (Fsp3) is 0.143. The summed E-state index contributed by atoms with van der Waals surface area (Å²) in [6, 6.07) is 14.3. The van der Waals surface area contributed by atoms with Crippen LogP contribution in [0.3, 0.4) is 0 Å². The molecule has 2 aromatic carbocycles. The number of nitrogens with zero attached hydrogens (tertiary/aromatic N) is 1. The SMILES string of the molecule is Cc1c(O)n(CC(=O)O)c(-c2ccc(F)cc2)c(OCc2ccccc2)c1=O. The smallest absolute Gasteiger partial charge is 0.323 e. The Morgan fingerprint density at radius 1 is 1.11 bits per heavy atom. The molecule has 3 rings (SSSR count). The molecule has 0 atom stereocenters. The molecule has 0 aliphatic carbocycles. The predicted molar refractivity (Wildman–Crippen MR) is 101 cm³/mol. The van der Waals surface area contributed by atoms with Gasteiger partial charge in [0.25, 0.3) is 0 Å². The van der Waals surface area contributed by atoms with Crippen LogP contribution in [-0.4, -0.2) is 20.7 Å². The van der Waals surface area contributed by atoms with Gasteiger partial charge in [-0.15, -0.1) is 0 Å². The van der Waals surface area contributed by atoms with Crippen molar-refractivity contribution in [2.75, 3.05) is 0 Å². The number of hydrogen-bond donors (Lipinski definition) is 2. The zero-order valence-electron chi connectivity index (χ0n) is 15.1. The standard InChI is InChI=1S/C21H18FNO5/c1-13-19(26)20(28-12-14-5-3-2-4-6-14)18(15-7-9-16(22)10-8-15)23(21(13)27)11-17(24)25/h2-10,27H,11-12H2,1H3,(H,24,25). The summed E-state index contributed by atoms with van der Waals surface area (Å²) >= 11 is 0. The molecule has 0 radical (unpaired) electrons. The maximum Gasteiger partial charge on any atom is 0.323 e.